The number of hydrogen-bond donors (Lipinski definition) is 1. The number of amides is 1. The number of likely N-dealkylation sites (tertiary alicyclic amines) is 1. The molecule has 7 heteroatoms. The fraction of sp³-hybridized carbons (Fsp3) is 0.562. The van der Waals surface area contributed by atoms with Crippen LogP contribution in [0.25, 0.3) is 0 Å². The average Bonchev–Trinajstić information content (AvgIpc) is 2.94. The van der Waals surface area contributed by atoms with E-state index in [1.165, 1.54) is 13.3 Å². The number of rotatable bonds is 3. The molecule has 1 aromatic rings. The second kappa shape index (κ2) is 6.85. The largest absolute Gasteiger partial charge is 0.465 e. The molecule has 126 valence electrons. The second-order valence-electron chi connectivity index (χ2n) is 6.48. The van der Waals surface area contributed by atoms with Crippen molar-refractivity contribution in [1.29, 1.82) is 0 Å². The summed E-state index contributed by atoms with van der Waals surface area (Å²) in [5, 5.41) is 3.26. The van der Waals surface area contributed by atoms with Crippen LogP contribution in [0.3, 0.4) is 0 Å². The molecule has 0 aliphatic carbocycles. The van der Waals surface area contributed by atoms with E-state index < -0.39 is 11.6 Å². The summed E-state index contributed by atoms with van der Waals surface area (Å²) >= 11 is 0. The van der Waals surface area contributed by atoms with E-state index in [0.717, 1.165) is 6.42 Å². The molecule has 0 spiro atoms. The number of hydrogen-bond acceptors (Lipinski definition) is 6. The van der Waals surface area contributed by atoms with Gasteiger partial charge in [-0.2, -0.15) is 0 Å². The van der Waals surface area contributed by atoms with Crippen LogP contribution in [0.4, 0.5) is 10.6 Å². The second-order valence-corrected chi connectivity index (χ2v) is 6.48. The quantitative estimate of drug-likeness (QED) is 0.860. The lowest BCUT2D eigenvalue weighted by atomic mass is 10.2. The minimum atomic E-state index is -0.492. The molecule has 1 aromatic heterocycles. The Bertz CT molecular complexity index is 566. The number of methoxy groups -OCH3 is 1. The van der Waals surface area contributed by atoms with E-state index >= 15 is 0 Å². The third kappa shape index (κ3) is 4.84. The molecule has 2 rings (SSSR count). The molecule has 0 aromatic carbocycles. The van der Waals surface area contributed by atoms with Crippen LogP contribution in [-0.4, -0.2) is 53.8 Å². The lowest BCUT2D eigenvalue weighted by Crippen LogP contribution is -2.36. The number of carbonyl (C=O) groups is 2. The van der Waals surface area contributed by atoms with E-state index in [1.54, 1.807) is 17.0 Å². The van der Waals surface area contributed by atoms with Crippen molar-refractivity contribution in [2.24, 2.45) is 0 Å². The van der Waals surface area contributed by atoms with E-state index in [2.05, 4.69) is 15.0 Å². The zero-order valence-electron chi connectivity index (χ0n) is 14.0. The lowest BCUT2D eigenvalue weighted by molar-refractivity contribution is 0.0293. The minimum absolute atomic E-state index is 0.110. The highest BCUT2D eigenvalue weighted by atomic mass is 16.6. The van der Waals surface area contributed by atoms with Crippen LogP contribution in [0.15, 0.2) is 18.3 Å². The number of pyridine rings is 1. The van der Waals surface area contributed by atoms with Crippen molar-refractivity contribution in [2.75, 3.05) is 25.5 Å². The van der Waals surface area contributed by atoms with Gasteiger partial charge in [-0.25, -0.2) is 14.6 Å². The topological polar surface area (TPSA) is 80.8 Å². The van der Waals surface area contributed by atoms with Crippen molar-refractivity contribution in [3.05, 3.63) is 23.9 Å². The Morgan fingerprint density at radius 1 is 1.35 bits per heavy atom. The van der Waals surface area contributed by atoms with E-state index in [0.29, 0.717) is 24.5 Å². The first kappa shape index (κ1) is 17.1. The van der Waals surface area contributed by atoms with Crippen LogP contribution >= 0.6 is 0 Å². The Balaban J connectivity index is 1.88. The first-order valence-corrected chi connectivity index (χ1v) is 7.57. The van der Waals surface area contributed by atoms with Gasteiger partial charge in [0.25, 0.3) is 0 Å². The summed E-state index contributed by atoms with van der Waals surface area (Å²) in [6, 6.07) is 3.49. The van der Waals surface area contributed by atoms with Gasteiger partial charge in [0, 0.05) is 25.3 Å². The van der Waals surface area contributed by atoms with Crippen LogP contribution in [0.5, 0.6) is 0 Å². The third-order valence-corrected chi connectivity index (χ3v) is 3.38. The van der Waals surface area contributed by atoms with Gasteiger partial charge in [-0.15, -0.1) is 0 Å². The highest BCUT2D eigenvalue weighted by Crippen LogP contribution is 2.18. The third-order valence-electron chi connectivity index (χ3n) is 3.38. The maximum absolute atomic E-state index is 12.0. The molecule has 1 aliphatic rings. The summed E-state index contributed by atoms with van der Waals surface area (Å²) in [6.45, 7) is 6.76. The summed E-state index contributed by atoms with van der Waals surface area (Å²) in [4.78, 5) is 29.3. The number of nitrogens with zero attached hydrogens (tertiary/aromatic N) is 2. The molecule has 1 amide bonds. The lowest BCUT2D eigenvalue weighted by Gasteiger charge is -2.24. The number of esters is 1. The monoisotopic (exact) mass is 321 g/mol. The predicted molar refractivity (Wildman–Crippen MR) is 85.4 cm³/mol. The molecule has 1 unspecified atom stereocenters. The summed E-state index contributed by atoms with van der Waals surface area (Å²) < 4.78 is 10.00. The average molecular weight is 321 g/mol. The molecule has 1 aliphatic heterocycles. The fourth-order valence-electron chi connectivity index (χ4n) is 2.30. The molecule has 0 radical (unpaired) electrons. The Morgan fingerprint density at radius 2 is 2.09 bits per heavy atom. The van der Waals surface area contributed by atoms with Crippen molar-refractivity contribution in [3.63, 3.8) is 0 Å². The summed E-state index contributed by atoms with van der Waals surface area (Å²) in [7, 11) is 1.33. The number of carbonyl (C=O) groups excluding carboxylic acids is 2. The first-order chi connectivity index (χ1) is 10.8. The van der Waals surface area contributed by atoms with Crippen LogP contribution in [-0.2, 0) is 9.47 Å². The van der Waals surface area contributed by atoms with Crippen LogP contribution < -0.4 is 5.32 Å². The number of nitrogens with one attached hydrogen (secondary N) is 1. The Labute approximate surface area is 136 Å². The highest BCUT2D eigenvalue weighted by molar-refractivity contribution is 5.89. The van der Waals surface area contributed by atoms with Gasteiger partial charge in [0.1, 0.15) is 11.4 Å². The molecule has 0 saturated carbocycles. The zero-order chi connectivity index (χ0) is 17.0. The standard InChI is InChI=1S/C16H23N3O4/c1-16(2,3)23-15(21)19-8-7-12(10-19)18-13-6-5-11(9-17-13)14(20)22-4/h5-6,9,12H,7-8,10H2,1-4H3,(H,17,18). The van der Waals surface area contributed by atoms with Gasteiger partial charge in [0.15, 0.2) is 0 Å². The van der Waals surface area contributed by atoms with Crippen molar-refractivity contribution in [3.8, 4) is 0 Å². The maximum Gasteiger partial charge on any atom is 0.410 e. The molecule has 2 heterocycles. The van der Waals surface area contributed by atoms with Gasteiger partial charge in [-0.05, 0) is 39.3 Å². The number of ether oxygens (including phenoxy) is 2. The highest BCUT2D eigenvalue weighted by Gasteiger charge is 2.29. The van der Waals surface area contributed by atoms with Gasteiger partial charge >= 0.3 is 12.1 Å². The molecule has 7 nitrogen and oxygen atoms in total. The van der Waals surface area contributed by atoms with Gasteiger partial charge in [0.2, 0.25) is 0 Å². The minimum Gasteiger partial charge on any atom is -0.465 e. The van der Waals surface area contributed by atoms with Gasteiger partial charge < -0.3 is 19.7 Å². The van der Waals surface area contributed by atoms with Crippen molar-refractivity contribution >= 4 is 17.9 Å². The molecule has 1 atom stereocenters. The van der Waals surface area contributed by atoms with Gasteiger partial charge in [0.05, 0.1) is 12.7 Å². The summed E-state index contributed by atoms with van der Waals surface area (Å²) in [5.41, 5.74) is -0.0895. The molecule has 23 heavy (non-hydrogen) atoms. The normalized spacial score (nSPS) is 17.7. The fourth-order valence-corrected chi connectivity index (χ4v) is 2.30. The SMILES string of the molecule is COC(=O)c1ccc(NC2CCN(C(=O)OC(C)(C)C)C2)nc1. The number of anilines is 1. The van der Waals surface area contributed by atoms with E-state index in [4.69, 9.17) is 4.74 Å². The van der Waals surface area contributed by atoms with Gasteiger partial charge in [-0.1, -0.05) is 0 Å². The van der Waals surface area contributed by atoms with Crippen molar-refractivity contribution in [1.82, 2.24) is 9.88 Å². The Kier molecular flexibility index (Phi) is 5.08. The number of aromatic nitrogens is 1. The molecule has 1 N–H and O–H groups in total. The molecule has 0 bridgehead atoms. The van der Waals surface area contributed by atoms with Gasteiger partial charge in [-0.3, -0.25) is 0 Å². The maximum atomic E-state index is 12.0. The summed E-state index contributed by atoms with van der Waals surface area (Å²) in [5.74, 6) is 0.245. The predicted octanol–water partition coefficient (Wildman–Crippen LogP) is 2.29. The van der Waals surface area contributed by atoms with Crippen LogP contribution in [0, 0.1) is 0 Å². The molecule has 1 saturated heterocycles. The first-order valence-electron chi connectivity index (χ1n) is 7.57. The Hall–Kier alpha value is -2.31. The van der Waals surface area contributed by atoms with Crippen molar-refractivity contribution in [2.45, 2.75) is 38.8 Å². The zero-order valence-corrected chi connectivity index (χ0v) is 14.0. The molecule has 1 fully saturated rings. The van der Waals surface area contributed by atoms with Crippen LogP contribution in [0.2, 0.25) is 0 Å². The molecular formula is C16H23N3O4. The molecular weight excluding hydrogens is 298 g/mol. The van der Waals surface area contributed by atoms with Crippen LogP contribution in [0.1, 0.15) is 37.6 Å². The van der Waals surface area contributed by atoms with E-state index in [1.807, 2.05) is 20.8 Å². The van der Waals surface area contributed by atoms with Crippen molar-refractivity contribution < 1.29 is 19.1 Å². The van der Waals surface area contributed by atoms with E-state index in [9.17, 15) is 9.59 Å². The Morgan fingerprint density at radius 3 is 2.65 bits per heavy atom. The summed E-state index contributed by atoms with van der Waals surface area (Å²) in [6.07, 6.45) is 1.99. The smallest absolute Gasteiger partial charge is 0.410 e. The van der Waals surface area contributed by atoms with E-state index in [-0.39, 0.29) is 12.1 Å².